The van der Waals surface area contributed by atoms with Crippen molar-refractivity contribution in [3.05, 3.63) is 60.2 Å². The van der Waals surface area contributed by atoms with Crippen LogP contribution in [0.1, 0.15) is 31.7 Å². The third kappa shape index (κ3) is 7.49. The van der Waals surface area contributed by atoms with E-state index in [2.05, 4.69) is 5.32 Å². The van der Waals surface area contributed by atoms with Gasteiger partial charge in [-0.25, -0.2) is 8.42 Å². The van der Waals surface area contributed by atoms with Crippen molar-refractivity contribution < 1.29 is 22.7 Å². The van der Waals surface area contributed by atoms with Gasteiger partial charge >= 0.3 is 0 Å². The van der Waals surface area contributed by atoms with Gasteiger partial charge in [0.15, 0.2) is 0 Å². The van der Waals surface area contributed by atoms with Crippen LogP contribution in [0.15, 0.2) is 54.6 Å². The van der Waals surface area contributed by atoms with Gasteiger partial charge in [0.05, 0.1) is 19.1 Å². The predicted octanol–water partition coefficient (Wildman–Crippen LogP) is 2.79. The smallest absolute Gasteiger partial charge is 0.242 e. The number of anilines is 1. The lowest BCUT2D eigenvalue weighted by molar-refractivity contribution is -0.141. The van der Waals surface area contributed by atoms with Crippen molar-refractivity contribution >= 4 is 27.5 Å². The number of amides is 2. The topological polar surface area (TPSA) is 96.0 Å². The third-order valence-electron chi connectivity index (χ3n) is 5.34. The molecule has 0 heterocycles. The van der Waals surface area contributed by atoms with E-state index in [1.165, 1.54) is 4.31 Å². The van der Waals surface area contributed by atoms with E-state index in [1.54, 1.807) is 43.3 Å². The Hall–Kier alpha value is -3.07. The van der Waals surface area contributed by atoms with Crippen LogP contribution in [0.2, 0.25) is 0 Å². The fourth-order valence-electron chi connectivity index (χ4n) is 3.62. The zero-order chi connectivity index (χ0) is 24.4. The summed E-state index contributed by atoms with van der Waals surface area (Å²) in [6, 6.07) is 15.6. The molecule has 0 aliphatic heterocycles. The number of sulfonamides is 1. The molecule has 0 unspecified atom stereocenters. The number of carbonyl (C=O) groups is 2. The molecule has 9 heteroatoms. The van der Waals surface area contributed by atoms with Gasteiger partial charge in [-0.05, 0) is 42.7 Å². The van der Waals surface area contributed by atoms with E-state index in [0.29, 0.717) is 30.8 Å². The average Bonchev–Trinajstić information content (AvgIpc) is 2.81. The second-order valence-corrected chi connectivity index (χ2v) is 9.59. The van der Waals surface area contributed by atoms with Gasteiger partial charge in [-0.2, -0.15) is 0 Å². The minimum atomic E-state index is -3.54. The van der Waals surface area contributed by atoms with Gasteiger partial charge in [-0.3, -0.25) is 13.9 Å². The summed E-state index contributed by atoms with van der Waals surface area (Å²) in [4.78, 5) is 27.2. The summed E-state index contributed by atoms with van der Waals surface area (Å²) in [5.74, 6) is 0.203. The first-order valence-corrected chi connectivity index (χ1v) is 12.7. The second-order valence-electron chi connectivity index (χ2n) is 7.68. The highest BCUT2D eigenvalue weighted by Crippen LogP contribution is 2.22. The van der Waals surface area contributed by atoms with Crippen LogP contribution < -0.4 is 14.4 Å². The Morgan fingerprint density at radius 2 is 1.70 bits per heavy atom. The minimum absolute atomic E-state index is 0.114. The van der Waals surface area contributed by atoms with Crippen LogP contribution in [0.5, 0.6) is 5.75 Å². The molecule has 0 aromatic heterocycles. The Balaban J connectivity index is 2.15. The van der Waals surface area contributed by atoms with Crippen LogP contribution in [0.25, 0.3) is 0 Å². The van der Waals surface area contributed by atoms with Crippen LogP contribution in [-0.4, -0.2) is 58.1 Å². The molecular weight excluding hydrogens is 442 g/mol. The monoisotopic (exact) mass is 475 g/mol. The fraction of sp³-hybridized carbons (Fsp3) is 0.417. The van der Waals surface area contributed by atoms with Crippen molar-refractivity contribution in [3.8, 4) is 5.75 Å². The molecule has 1 atom stereocenters. The Kier molecular flexibility index (Phi) is 9.72. The van der Waals surface area contributed by atoms with E-state index in [9.17, 15) is 18.0 Å². The molecule has 0 saturated heterocycles. The second kappa shape index (κ2) is 12.2. The summed E-state index contributed by atoms with van der Waals surface area (Å²) in [5.41, 5.74) is 1.42. The minimum Gasteiger partial charge on any atom is -0.497 e. The predicted molar refractivity (Wildman–Crippen MR) is 130 cm³/mol. The first kappa shape index (κ1) is 26.2. The van der Waals surface area contributed by atoms with E-state index in [0.717, 1.165) is 11.8 Å². The Bertz CT molecular complexity index is 1010. The van der Waals surface area contributed by atoms with Crippen LogP contribution in [0, 0.1) is 0 Å². The van der Waals surface area contributed by atoms with Crippen molar-refractivity contribution in [1.29, 1.82) is 0 Å². The highest BCUT2D eigenvalue weighted by molar-refractivity contribution is 7.92. The standard InChI is InChI=1S/C24H33N3O5S/c1-5-22(24(29)25-2)26(18-19-10-7-6-8-11-19)23(28)12-9-17-27(33(4,30)31)20-13-15-21(32-3)16-14-20/h6-8,10-11,13-16,22H,5,9,12,17-18H2,1-4H3,(H,25,29)/t22-/m1/s1. The van der Waals surface area contributed by atoms with Gasteiger partial charge in [-0.1, -0.05) is 37.3 Å². The molecule has 2 rings (SSSR count). The maximum atomic E-state index is 13.2. The zero-order valence-electron chi connectivity index (χ0n) is 19.7. The molecule has 33 heavy (non-hydrogen) atoms. The SMILES string of the molecule is CC[C@H](C(=O)NC)N(Cc1ccccc1)C(=O)CCCN(c1ccc(OC)cc1)S(C)(=O)=O. The lowest BCUT2D eigenvalue weighted by Gasteiger charge is -2.30. The van der Waals surface area contributed by atoms with Crippen LogP contribution in [-0.2, 0) is 26.2 Å². The molecule has 0 fully saturated rings. The number of methoxy groups -OCH3 is 1. The quantitative estimate of drug-likeness (QED) is 0.509. The number of likely N-dealkylation sites (N-methyl/N-ethyl adjacent to an activating group) is 1. The van der Waals surface area contributed by atoms with Crippen molar-refractivity contribution in [3.63, 3.8) is 0 Å². The summed E-state index contributed by atoms with van der Waals surface area (Å²) in [5, 5.41) is 2.63. The van der Waals surface area contributed by atoms with Crippen LogP contribution in [0.4, 0.5) is 5.69 Å². The molecule has 1 N–H and O–H groups in total. The largest absolute Gasteiger partial charge is 0.497 e. The average molecular weight is 476 g/mol. The number of carbonyl (C=O) groups excluding carboxylic acids is 2. The number of nitrogens with one attached hydrogen (secondary N) is 1. The maximum absolute atomic E-state index is 13.2. The molecule has 0 spiro atoms. The van der Waals surface area contributed by atoms with Crippen molar-refractivity contribution in [1.82, 2.24) is 10.2 Å². The van der Waals surface area contributed by atoms with E-state index < -0.39 is 16.1 Å². The first-order valence-electron chi connectivity index (χ1n) is 10.9. The summed E-state index contributed by atoms with van der Waals surface area (Å²) < 4.78 is 31.1. The van der Waals surface area contributed by atoms with Crippen molar-refractivity contribution in [2.24, 2.45) is 0 Å². The van der Waals surface area contributed by atoms with Crippen molar-refractivity contribution in [2.75, 3.05) is 31.3 Å². The van der Waals surface area contributed by atoms with Gasteiger partial charge in [0, 0.05) is 26.6 Å². The third-order valence-corrected chi connectivity index (χ3v) is 6.53. The van der Waals surface area contributed by atoms with Gasteiger partial charge in [0.1, 0.15) is 11.8 Å². The molecular formula is C24H33N3O5S. The number of benzene rings is 2. The molecule has 0 bridgehead atoms. The number of ether oxygens (including phenoxy) is 1. The molecule has 2 aromatic rings. The van der Waals surface area contributed by atoms with Crippen molar-refractivity contribution in [2.45, 2.75) is 38.8 Å². The highest BCUT2D eigenvalue weighted by atomic mass is 32.2. The summed E-state index contributed by atoms with van der Waals surface area (Å²) in [6.45, 7) is 2.31. The fourth-order valence-corrected chi connectivity index (χ4v) is 4.58. The lowest BCUT2D eigenvalue weighted by Crippen LogP contribution is -2.48. The summed E-state index contributed by atoms with van der Waals surface area (Å²) in [6.07, 6.45) is 2.04. The summed E-state index contributed by atoms with van der Waals surface area (Å²) >= 11 is 0. The van der Waals surface area contributed by atoms with Gasteiger partial charge < -0.3 is 15.0 Å². The maximum Gasteiger partial charge on any atom is 0.242 e. The Labute approximate surface area is 196 Å². The molecule has 180 valence electrons. The van der Waals surface area contributed by atoms with E-state index in [4.69, 9.17) is 4.74 Å². The Morgan fingerprint density at radius 1 is 1.06 bits per heavy atom. The number of rotatable bonds is 12. The normalized spacial score (nSPS) is 12.0. The molecule has 2 amide bonds. The van der Waals surface area contributed by atoms with Crippen LogP contribution in [0.3, 0.4) is 0 Å². The van der Waals surface area contributed by atoms with Gasteiger partial charge in [0.2, 0.25) is 21.8 Å². The highest BCUT2D eigenvalue weighted by Gasteiger charge is 2.28. The molecule has 2 aromatic carbocycles. The number of hydrogen-bond donors (Lipinski definition) is 1. The van der Waals surface area contributed by atoms with E-state index in [-0.39, 0.29) is 24.8 Å². The van der Waals surface area contributed by atoms with Crippen LogP contribution >= 0.6 is 0 Å². The summed E-state index contributed by atoms with van der Waals surface area (Å²) in [7, 11) is -0.448. The lowest BCUT2D eigenvalue weighted by atomic mass is 10.1. The molecule has 0 aliphatic rings. The van der Waals surface area contributed by atoms with E-state index >= 15 is 0 Å². The van der Waals surface area contributed by atoms with Gasteiger partial charge in [-0.15, -0.1) is 0 Å². The first-order chi connectivity index (χ1) is 15.7. The Morgan fingerprint density at radius 3 is 2.21 bits per heavy atom. The number of hydrogen-bond acceptors (Lipinski definition) is 5. The molecule has 0 aliphatic carbocycles. The molecule has 0 saturated carbocycles. The zero-order valence-corrected chi connectivity index (χ0v) is 20.5. The van der Waals surface area contributed by atoms with E-state index in [1.807, 2.05) is 37.3 Å². The van der Waals surface area contributed by atoms with Gasteiger partial charge in [0.25, 0.3) is 0 Å². The number of nitrogens with zero attached hydrogens (tertiary/aromatic N) is 2. The molecule has 8 nitrogen and oxygen atoms in total. The molecule has 0 radical (unpaired) electrons.